The van der Waals surface area contributed by atoms with E-state index in [2.05, 4.69) is 166 Å². The Morgan fingerprint density at radius 3 is 1.98 bits per heavy atom. The Labute approximate surface area is 379 Å². The minimum absolute atomic E-state index is 0.00252. The Kier molecular flexibility index (Phi) is 8.98. The molecule has 0 saturated carbocycles. The minimum Gasteiger partial charge on any atom is -0.507 e. The second-order valence-corrected chi connectivity index (χ2v) is 19.3. The standard InChI is InChI=1S/C58H61N3O/c1-35(2)42-32-48(36(3)4)55(62)50(33-42)56-60-54-47(14-13-15-53(54)61(56)52-25-18-38(6)28-49(52)40-21-23-45(24-22-40)57(7,8)9)43-29-44(31-46(30-43)58(10,11)12)51-34-41(26-27-59-51)39-19-16-37(5)17-20-39/h13-36,62H,1-12H3/i5D3,16D,17D,19D,20D. The molecular formula is C58H61N3O. The second-order valence-electron chi connectivity index (χ2n) is 19.3. The van der Waals surface area contributed by atoms with Crippen LogP contribution >= 0.6 is 0 Å². The Hall–Kier alpha value is -6.26. The van der Waals surface area contributed by atoms with Crippen LogP contribution in [0, 0.1) is 13.8 Å². The second kappa shape index (κ2) is 16.2. The van der Waals surface area contributed by atoms with Crippen LogP contribution in [-0.4, -0.2) is 19.6 Å². The summed E-state index contributed by atoms with van der Waals surface area (Å²) in [6.45, 7) is 20.9. The van der Waals surface area contributed by atoms with Crippen molar-refractivity contribution in [1.29, 1.82) is 0 Å². The molecule has 0 saturated heterocycles. The smallest absolute Gasteiger partial charge is 0.149 e. The van der Waals surface area contributed by atoms with Crippen LogP contribution in [0.2, 0.25) is 0 Å². The number of hydrogen-bond acceptors (Lipinski definition) is 3. The van der Waals surface area contributed by atoms with Gasteiger partial charge in [0.15, 0.2) is 0 Å². The zero-order valence-corrected chi connectivity index (χ0v) is 37.8. The van der Waals surface area contributed by atoms with Crippen molar-refractivity contribution in [1.82, 2.24) is 14.5 Å². The van der Waals surface area contributed by atoms with Gasteiger partial charge in [-0.25, -0.2) is 4.98 Å². The quantitative estimate of drug-likeness (QED) is 0.166. The van der Waals surface area contributed by atoms with Gasteiger partial charge in [0.1, 0.15) is 11.6 Å². The van der Waals surface area contributed by atoms with Crippen LogP contribution < -0.4 is 0 Å². The molecule has 2 heterocycles. The van der Waals surface area contributed by atoms with E-state index in [1.54, 1.807) is 18.3 Å². The van der Waals surface area contributed by atoms with Gasteiger partial charge in [0.05, 0.1) is 33.5 Å². The third-order valence-electron chi connectivity index (χ3n) is 11.9. The lowest BCUT2D eigenvalue weighted by Gasteiger charge is -2.22. The van der Waals surface area contributed by atoms with Crippen LogP contribution in [0.25, 0.3) is 72.7 Å². The number of nitrogens with zero attached hydrogens (tertiary/aromatic N) is 3. The number of benzene rings is 6. The van der Waals surface area contributed by atoms with Crippen molar-refractivity contribution >= 4 is 11.0 Å². The summed E-state index contributed by atoms with van der Waals surface area (Å²) in [6.07, 6.45) is 1.57. The predicted molar refractivity (Wildman–Crippen MR) is 263 cm³/mol. The molecule has 0 spiro atoms. The molecule has 2 aromatic heterocycles. The van der Waals surface area contributed by atoms with E-state index in [9.17, 15) is 5.11 Å². The van der Waals surface area contributed by atoms with E-state index < -0.39 is 36.6 Å². The molecule has 0 unspecified atom stereocenters. The van der Waals surface area contributed by atoms with Crippen molar-refractivity contribution in [3.8, 4) is 67.5 Å². The molecule has 62 heavy (non-hydrogen) atoms. The monoisotopic (exact) mass is 823 g/mol. The van der Waals surface area contributed by atoms with Crippen LogP contribution in [0.1, 0.15) is 124 Å². The van der Waals surface area contributed by atoms with Gasteiger partial charge >= 0.3 is 0 Å². The number of phenolic OH excluding ortho intramolecular Hbond substituents is 1. The molecular weight excluding hydrogens is 755 g/mol. The van der Waals surface area contributed by atoms with E-state index in [1.807, 2.05) is 6.07 Å². The van der Waals surface area contributed by atoms with Gasteiger partial charge in [0.25, 0.3) is 0 Å². The molecule has 1 N–H and O–H groups in total. The molecule has 0 aliphatic rings. The van der Waals surface area contributed by atoms with Gasteiger partial charge in [-0.2, -0.15) is 0 Å². The lowest BCUT2D eigenvalue weighted by Crippen LogP contribution is -2.11. The normalized spacial score (nSPS) is 14.0. The zero-order valence-electron chi connectivity index (χ0n) is 44.8. The maximum atomic E-state index is 12.3. The van der Waals surface area contributed by atoms with E-state index >= 15 is 0 Å². The number of fused-ring (bicyclic) bond motifs is 1. The summed E-state index contributed by atoms with van der Waals surface area (Å²) in [5, 5.41) is 12.3. The number of para-hydroxylation sites is 1. The predicted octanol–water partition coefficient (Wildman–Crippen LogP) is 15.9. The van der Waals surface area contributed by atoms with Crippen molar-refractivity contribution in [2.24, 2.45) is 0 Å². The molecule has 8 aromatic rings. The first-order chi connectivity index (χ1) is 32.3. The maximum Gasteiger partial charge on any atom is 0.149 e. The fourth-order valence-electron chi connectivity index (χ4n) is 8.17. The van der Waals surface area contributed by atoms with E-state index in [0.717, 1.165) is 66.8 Å². The largest absolute Gasteiger partial charge is 0.507 e. The Bertz CT molecular complexity index is 3270. The number of aromatic hydroxyl groups is 1. The number of aromatic nitrogens is 3. The molecule has 4 nitrogen and oxygen atoms in total. The first-order valence-electron chi connectivity index (χ1n) is 25.1. The van der Waals surface area contributed by atoms with Gasteiger partial charge in [-0.3, -0.25) is 9.55 Å². The summed E-state index contributed by atoms with van der Waals surface area (Å²) in [5.41, 5.74) is 13.1. The molecule has 0 aliphatic carbocycles. The molecule has 0 radical (unpaired) electrons. The van der Waals surface area contributed by atoms with Crippen LogP contribution in [0.5, 0.6) is 5.75 Å². The van der Waals surface area contributed by atoms with Crippen molar-refractivity contribution in [2.75, 3.05) is 0 Å². The fourth-order valence-corrected chi connectivity index (χ4v) is 8.17. The summed E-state index contributed by atoms with van der Waals surface area (Å²) >= 11 is 0. The summed E-state index contributed by atoms with van der Waals surface area (Å²) in [5.74, 6) is 1.05. The first-order valence-corrected chi connectivity index (χ1v) is 21.6. The Balaban J connectivity index is 1.41. The molecule has 6 aromatic carbocycles. The number of imidazole rings is 1. The van der Waals surface area contributed by atoms with Gasteiger partial charge < -0.3 is 5.11 Å². The van der Waals surface area contributed by atoms with Gasteiger partial charge in [0.2, 0.25) is 0 Å². The highest BCUT2D eigenvalue weighted by atomic mass is 16.3. The topological polar surface area (TPSA) is 50.9 Å². The molecule has 314 valence electrons. The highest BCUT2D eigenvalue weighted by Crippen LogP contribution is 2.44. The third-order valence-corrected chi connectivity index (χ3v) is 11.9. The SMILES string of the molecule is [2H]c1c([2H])c(C([2H])([2H])[2H])c([2H])c([2H])c1-c1ccnc(-c2cc(-c3cccc4c3nc(-c3cc(C(C)C)cc(C(C)C)c3O)n4-c3ccc(C)cc3-c3ccc(C(C)(C)C)cc3)cc(C(C)(C)C)c2)c1. The van der Waals surface area contributed by atoms with Gasteiger partial charge in [-0.05, 0) is 129 Å². The van der Waals surface area contributed by atoms with E-state index in [-0.39, 0.29) is 34.0 Å². The number of pyridine rings is 1. The van der Waals surface area contributed by atoms with Crippen LogP contribution in [-0.2, 0) is 10.8 Å². The molecule has 0 aliphatic heterocycles. The maximum absolute atomic E-state index is 12.3. The molecule has 0 bridgehead atoms. The zero-order chi connectivity index (χ0) is 50.2. The van der Waals surface area contributed by atoms with Gasteiger partial charge in [0, 0.05) is 27.0 Å². The van der Waals surface area contributed by atoms with Crippen LogP contribution in [0.15, 0.2) is 133 Å². The van der Waals surface area contributed by atoms with Crippen molar-refractivity contribution in [2.45, 2.75) is 106 Å². The average molecular weight is 823 g/mol. The third kappa shape index (κ3) is 8.23. The summed E-state index contributed by atoms with van der Waals surface area (Å²) in [4.78, 5) is 10.4. The summed E-state index contributed by atoms with van der Waals surface area (Å²) < 4.78 is 60.8. The van der Waals surface area contributed by atoms with E-state index in [1.165, 1.54) is 5.56 Å². The lowest BCUT2D eigenvalue weighted by molar-refractivity contribution is 0.466. The highest BCUT2D eigenvalue weighted by molar-refractivity contribution is 5.98. The van der Waals surface area contributed by atoms with Gasteiger partial charge in [-0.15, -0.1) is 0 Å². The van der Waals surface area contributed by atoms with Crippen molar-refractivity contribution in [3.63, 3.8) is 0 Å². The molecule has 0 atom stereocenters. The lowest BCUT2D eigenvalue weighted by atomic mass is 9.83. The van der Waals surface area contributed by atoms with Gasteiger partial charge in [-0.1, -0.05) is 159 Å². The number of aryl methyl sites for hydroxylation is 1. The number of rotatable bonds is 8. The number of phenols is 1. The Morgan fingerprint density at radius 2 is 1.32 bits per heavy atom. The van der Waals surface area contributed by atoms with Crippen molar-refractivity contribution < 1.29 is 14.7 Å². The molecule has 4 heteroatoms. The number of hydrogen-bond donors (Lipinski definition) is 1. The first kappa shape index (κ1) is 34.3. The molecule has 8 rings (SSSR count). The van der Waals surface area contributed by atoms with Crippen LogP contribution in [0.3, 0.4) is 0 Å². The molecule has 0 amide bonds. The Morgan fingerprint density at radius 1 is 0.613 bits per heavy atom. The van der Waals surface area contributed by atoms with E-state index in [0.29, 0.717) is 22.6 Å². The highest BCUT2D eigenvalue weighted by Gasteiger charge is 2.26. The average Bonchev–Trinajstić information content (AvgIpc) is 3.66. The fraction of sp³-hybridized carbons (Fsp3) is 0.276. The summed E-state index contributed by atoms with van der Waals surface area (Å²) in [6, 6.07) is 33.3. The molecule has 0 fully saturated rings. The van der Waals surface area contributed by atoms with Crippen LogP contribution in [0.4, 0.5) is 0 Å². The van der Waals surface area contributed by atoms with Crippen molar-refractivity contribution in [3.05, 3.63) is 167 Å². The summed E-state index contributed by atoms with van der Waals surface area (Å²) in [7, 11) is 0. The van der Waals surface area contributed by atoms with E-state index in [4.69, 9.17) is 19.6 Å². The minimum atomic E-state index is -2.82.